The molecule has 0 aliphatic heterocycles. The first-order chi connectivity index (χ1) is 37.2. The molecule has 0 aliphatic rings. The minimum Gasteiger partial charge on any atom is -0.316 e. The van der Waals surface area contributed by atoms with Crippen LogP contribution in [-0.4, -0.2) is 9.13 Å². The minimum absolute atomic E-state index is 0.418. The first-order valence-corrected chi connectivity index (χ1v) is 27.4. The summed E-state index contributed by atoms with van der Waals surface area (Å²) in [6.07, 6.45) is 0. The Kier molecular flexibility index (Phi) is 9.05. The topological polar surface area (TPSA) is 38.0 Å². The first-order valence-electron chi connectivity index (χ1n) is 24.9. The zero-order chi connectivity index (χ0) is 49.5. The summed E-state index contributed by atoms with van der Waals surface area (Å²) < 4.78 is 11.8. The molecule has 0 aliphatic carbocycles. The van der Waals surface area contributed by atoms with Crippen molar-refractivity contribution in [3.63, 3.8) is 0 Å². The fourth-order valence-corrected chi connectivity index (χ4v) is 16.0. The fraction of sp³-hybridized carbons (Fsp3) is 0. The van der Waals surface area contributed by atoms with Crippen molar-refractivity contribution < 1.29 is 0 Å². The van der Waals surface area contributed by atoms with Gasteiger partial charge < -0.3 is 9.13 Å². The molecule has 0 fully saturated rings. The van der Waals surface area contributed by atoms with Crippen LogP contribution in [0.4, 0.5) is 5.69 Å². The predicted octanol–water partition coefficient (Wildman–Crippen LogP) is 20.4. The molecule has 0 spiro atoms. The van der Waals surface area contributed by atoms with Gasteiger partial charge in [0.2, 0.25) is 5.69 Å². The Balaban J connectivity index is 1.15. The Morgan fingerprint density at radius 1 is 0.360 bits per heavy atom. The number of benzene rings is 11. The Morgan fingerprint density at radius 3 is 1.35 bits per heavy atom. The molecule has 0 atom stereocenters. The summed E-state index contributed by atoms with van der Waals surface area (Å²) in [6, 6.07) is 80.6. The molecule has 0 bridgehead atoms. The number of aromatic nitrogens is 2. The summed E-state index contributed by atoms with van der Waals surface area (Å²) in [5, 5.41) is 23.8. The van der Waals surface area contributed by atoms with Gasteiger partial charge in [-0.1, -0.05) is 194 Å². The number of thiophene rings is 3. The largest absolute Gasteiger partial charge is 0.316 e. The van der Waals surface area contributed by atoms with Crippen molar-refractivity contribution in [2.45, 2.75) is 0 Å². The van der Waals surface area contributed by atoms with Crippen molar-refractivity contribution in [3.05, 3.63) is 235 Å². The van der Waals surface area contributed by atoms with Gasteiger partial charge in [0.1, 0.15) is 6.07 Å². The third-order valence-electron chi connectivity index (χ3n) is 15.4. The van der Waals surface area contributed by atoms with E-state index in [4.69, 9.17) is 4.85 Å². The van der Waals surface area contributed by atoms with Gasteiger partial charge in [-0.2, -0.15) is 5.26 Å². The minimum atomic E-state index is 0.418. The highest BCUT2D eigenvalue weighted by atomic mass is 32.1. The second-order valence-electron chi connectivity index (χ2n) is 19.2. The van der Waals surface area contributed by atoms with Crippen LogP contribution in [-0.2, 0) is 0 Å². The Labute approximate surface area is 441 Å². The summed E-state index contributed by atoms with van der Waals surface area (Å²) in [6.45, 7) is 9.65. The van der Waals surface area contributed by atoms with E-state index in [1.807, 2.05) is 34.8 Å². The lowest BCUT2D eigenvalue weighted by Crippen LogP contribution is -2.08. The molecule has 7 heteroatoms. The van der Waals surface area contributed by atoms with Gasteiger partial charge in [-0.3, -0.25) is 0 Å². The lowest BCUT2D eigenvalue weighted by Gasteiger charge is -2.26. The zero-order valence-electron chi connectivity index (χ0n) is 39.8. The maximum Gasteiger partial charge on any atom is 0.221 e. The summed E-state index contributed by atoms with van der Waals surface area (Å²) >= 11 is 5.40. The Morgan fingerprint density at radius 2 is 0.787 bits per heavy atom. The third-order valence-corrected chi connectivity index (χ3v) is 18.9. The van der Waals surface area contributed by atoms with Gasteiger partial charge >= 0.3 is 0 Å². The van der Waals surface area contributed by atoms with Gasteiger partial charge in [-0.25, -0.2) is 4.85 Å². The summed E-state index contributed by atoms with van der Waals surface area (Å²) in [4.78, 5) is 4.73. The van der Waals surface area contributed by atoms with E-state index in [0.29, 0.717) is 16.9 Å². The second-order valence-corrected chi connectivity index (χ2v) is 22.4. The third kappa shape index (κ3) is 5.89. The van der Waals surface area contributed by atoms with Crippen molar-refractivity contribution in [2.24, 2.45) is 0 Å². The molecule has 0 saturated heterocycles. The number of fused-ring (bicyclic) bond motifs is 18. The standard InChI is InChI=1S/C68H36N4S3/c1-70-60-59(41-21-9-4-10-22-41)65(72-63-48(32-35-50-44-24-12-15-27-55(44)73-67(50)63)49-33-36-51-45-25-13-16-28-56(45)74-68(51)64(49)72)58(40-19-7-3-8-20-40)53(38-69)61(60)71-54-26-14-11-23-43(54)47-31-34-52-46-30-29-42(39-17-5-2-6-18-39)37-57(46)75-66(52)62(47)71/h2-37H. The predicted molar refractivity (Wildman–Crippen MR) is 321 cm³/mol. The Hall–Kier alpha value is -9.34. The molecule has 346 valence electrons. The van der Waals surface area contributed by atoms with E-state index >= 15 is 0 Å². The van der Waals surface area contributed by atoms with E-state index in [0.717, 1.165) is 96.6 Å². The highest BCUT2D eigenvalue weighted by Gasteiger charge is 2.33. The highest BCUT2D eigenvalue weighted by Crippen LogP contribution is 2.55. The van der Waals surface area contributed by atoms with Crippen molar-refractivity contribution in [2.75, 3.05) is 0 Å². The quantitative estimate of drug-likeness (QED) is 0.158. The molecule has 16 aromatic rings. The SMILES string of the molecule is [C-]#[N+]c1c(-c2ccccc2)c(-n2c3c(ccc4c5ccccc5sc43)c3ccc4c5ccccc5sc4c32)c(-c2ccccc2)c(C#N)c1-n1c2ccccc2c2ccc3c4ccc(-c5ccccc5)cc4sc3c21. The fourth-order valence-electron chi connectivity index (χ4n) is 12.2. The van der Waals surface area contributed by atoms with E-state index in [1.165, 1.54) is 46.6 Å². The van der Waals surface area contributed by atoms with Crippen LogP contribution in [0.25, 0.3) is 154 Å². The molecule has 0 amide bonds. The smallest absolute Gasteiger partial charge is 0.221 e. The highest BCUT2D eigenvalue weighted by molar-refractivity contribution is 7.27. The van der Waals surface area contributed by atoms with Crippen LogP contribution in [0.3, 0.4) is 0 Å². The van der Waals surface area contributed by atoms with Gasteiger partial charge in [0.05, 0.1) is 59.7 Å². The number of hydrogen-bond donors (Lipinski definition) is 0. The molecule has 75 heavy (non-hydrogen) atoms. The van der Waals surface area contributed by atoms with Crippen LogP contribution in [0.5, 0.6) is 0 Å². The molecule has 11 aromatic carbocycles. The zero-order valence-corrected chi connectivity index (χ0v) is 42.2. The van der Waals surface area contributed by atoms with E-state index < -0.39 is 0 Å². The lowest BCUT2D eigenvalue weighted by atomic mass is 9.88. The van der Waals surface area contributed by atoms with Crippen molar-refractivity contribution in [1.29, 1.82) is 5.26 Å². The first kappa shape index (κ1) is 42.2. The van der Waals surface area contributed by atoms with Crippen molar-refractivity contribution in [1.82, 2.24) is 9.13 Å². The molecule has 16 rings (SSSR count). The normalized spacial score (nSPS) is 12.0. The average Bonchev–Trinajstić information content (AvgIpc) is 4.33. The molecule has 0 N–H and O–H groups in total. The van der Waals surface area contributed by atoms with Gasteiger partial charge in [-0.15, -0.1) is 34.0 Å². The summed E-state index contributed by atoms with van der Waals surface area (Å²) in [5.74, 6) is 0. The van der Waals surface area contributed by atoms with E-state index in [1.54, 1.807) is 11.3 Å². The van der Waals surface area contributed by atoms with E-state index in [9.17, 15) is 11.8 Å². The maximum absolute atomic E-state index is 12.4. The van der Waals surface area contributed by atoms with E-state index in [2.05, 4.69) is 221 Å². The summed E-state index contributed by atoms with van der Waals surface area (Å²) in [5.41, 5.74) is 12.0. The number of nitriles is 1. The maximum atomic E-state index is 12.4. The van der Waals surface area contributed by atoms with Crippen molar-refractivity contribution >= 4 is 144 Å². The second kappa shape index (κ2) is 16.1. The van der Waals surface area contributed by atoms with Gasteiger partial charge in [0.15, 0.2) is 0 Å². The number of hydrogen-bond acceptors (Lipinski definition) is 4. The molecule has 0 unspecified atom stereocenters. The molecule has 0 radical (unpaired) electrons. The number of rotatable bonds is 5. The molecular weight excluding hydrogens is 969 g/mol. The average molecular weight is 1010 g/mol. The molecule has 5 heterocycles. The Bertz CT molecular complexity index is 4990. The molecular formula is C68H36N4S3. The van der Waals surface area contributed by atoms with Gasteiger partial charge in [-0.05, 0) is 46.5 Å². The van der Waals surface area contributed by atoms with E-state index in [-0.39, 0.29) is 0 Å². The van der Waals surface area contributed by atoms with Crippen LogP contribution in [0, 0.1) is 17.9 Å². The van der Waals surface area contributed by atoms with Crippen molar-refractivity contribution in [3.8, 4) is 50.8 Å². The van der Waals surface area contributed by atoms with Crippen LogP contribution >= 0.6 is 34.0 Å². The summed E-state index contributed by atoms with van der Waals surface area (Å²) in [7, 11) is 0. The molecule has 0 saturated carbocycles. The number of nitrogens with zero attached hydrogens (tertiary/aromatic N) is 4. The monoisotopic (exact) mass is 1000 g/mol. The van der Waals surface area contributed by atoms with Gasteiger partial charge in [0.25, 0.3) is 0 Å². The van der Waals surface area contributed by atoms with Crippen LogP contribution in [0.1, 0.15) is 5.56 Å². The van der Waals surface area contributed by atoms with Crippen LogP contribution < -0.4 is 0 Å². The van der Waals surface area contributed by atoms with Crippen LogP contribution in [0.15, 0.2) is 218 Å². The lowest BCUT2D eigenvalue weighted by molar-refractivity contribution is 1.15. The molecule has 5 aromatic heterocycles. The van der Waals surface area contributed by atoms with Gasteiger partial charge in [0, 0.05) is 79.1 Å². The van der Waals surface area contributed by atoms with Crippen LogP contribution in [0.2, 0.25) is 0 Å². The number of para-hydroxylation sites is 1. The molecule has 4 nitrogen and oxygen atoms in total.